The Kier molecular flexibility index (Phi) is 3.26. The Morgan fingerprint density at radius 2 is 1.14 bits per heavy atom. The summed E-state index contributed by atoms with van der Waals surface area (Å²) in [7, 11) is 0. The summed E-state index contributed by atoms with van der Waals surface area (Å²) >= 11 is 0. The topological polar surface area (TPSA) is 98.1 Å². The van der Waals surface area contributed by atoms with Crippen LogP contribution in [-0.2, 0) is 9.59 Å². The quantitative estimate of drug-likeness (QED) is 0.575. The third-order valence-corrected chi connectivity index (χ3v) is 2.11. The number of carboxylic acid groups (broad SMARTS) is 2. The Balaban J connectivity index is 5.04. The number of hydrogen-bond donors (Lipinski definition) is 3. The highest BCUT2D eigenvalue weighted by molar-refractivity contribution is 5.81. The Morgan fingerprint density at radius 1 is 0.929 bits per heavy atom. The lowest BCUT2D eigenvalue weighted by molar-refractivity contribution is -0.233. The number of carbonyl (C=O) groups is 2. The number of carboxylic acids is 2. The van der Waals surface area contributed by atoms with Gasteiger partial charge in [-0.3, -0.25) is 9.59 Å². The van der Waals surface area contributed by atoms with E-state index in [0.29, 0.717) is 5.06 Å². The molecule has 0 aliphatic heterocycles. The fourth-order valence-electron chi connectivity index (χ4n) is 0.880. The van der Waals surface area contributed by atoms with E-state index >= 15 is 0 Å². The molecule has 6 nitrogen and oxygen atoms in total. The van der Waals surface area contributed by atoms with Gasteiger partial charge in [-0.1, -0.05) is 0 Å². The number of aliphatic carboxylic acids is 2. The Labute approximate surface area is 81.7 Å². The lowest BCUT2D eigenvalue weighted by Crippen LogP contribution is -2.60. The molecule has 14 heavy (non-hydrogen) atoms. The minimum absolute atomic E-state index is 0.324. The van der Waals surface area contributed by atoms with E-state index < -0.39 is 23.0 Å². The average molecular weight is 205 g/mol. The van der Waals surface area contributed by atoms with E-state index in [0.717, 1.165) is 0 Å². The maximum atomic E-state index is 10.7. The molecule has 0 aliphatic carbocycles. The first kappa shape index (κ1) is 12.9. The third-order valence-electron chi connectivity index (χ3n) is 2.11. The molecule has 0 amide bonds. The van der Waals surface area contributed by atoms with Crippen molar-refractivity contribution in [1.29, 1.82) is 0 Å². The molecule has 0 aromatic heterocycles. The second-order valence-corrected chi connectivity index (χ2v) is 4.04. The molecule has 0 aromatic carbocycles. The van der Waals surface area contributed by atoms with Crippen molar-refractivity contribution in [2.24, 2.45) is 0 Å². The lowest BCUT2D eigenvalue weighted by Gasteiger charge is -2.38. The van der Waals surface area contributed by atoms with Crippen molar-refractivity contribution in [3.63, 3.8) is 0 Å². The van der Waals surface area contributed by atoms with Crippen molar-refractivity contribution in [2.75, 3.05) is 0 Å². The smallest absolute Gasteiger partial charge is 0.325 e. The first-order valence-electron chi connectivity index (χ1n) is 4.00. The number of rotatable bonds is 4. The van der Waals surface area contributed by atoms with Gasteiger partial charge in [-0.2, -0.15) is 5.06 Å². The van der Waals surface area contributed by atoms with E-state index in [4.69, 9.17) is 10.2 Å². The summed E-state index contributed by atoms with van der Waals surface area (Å²) < 4.78 is 0. The molecule has 82 valence electrons. The zero-order chi connectivity index (χ0) is 11.7. The van der Waals surface area contributed by atoms with Gasteiger partial charge in [0.15, 0.2) is 0 Å². The van der Waals surface area contributed by atoms with Gasteiger partial charge in [0.05, 0.1) is 0 Å². The van der Waals surface area contributed by atoms with Crippen LogP contribution in [0.15, 0.2) is 0 Å². The predicted octanol–water partition coefficient (Wildman–Crippen LogP) is 0.404. The minimum Gasteiger partial charge on any atom is -0.480 e. The van der Waals surface area contributed by atoms with Crippen molar-refractivity contribution in [3.8, 4) is 0 Å². The van der Waals surface area contributed by atoms with Gasteiger partial charge in [0.1, 0.15) is 11.1 Å². The predicted molar refractivity (Wildman–Crippen MR) is 47.1 cm³/mol. The fraction of sp³-hybridized carbons (Fsp3) is 0.750. The summed E-state index contributed by atoms with van der Waals surface area (Å²) in [6.45, 7) is 4.89. The molecule has 0 saturated heterocycles. The van der Waals surface area contributed by atoms with Gasteiger partial charge >= 0.3 is 11.9 Å². The van der Waals surface area contributed by atoms with E-state index in [-0.39, 0.29) is 0 Å². The molecule has 6 heteroatoms. The van der Waals surface area contributed by atoms with Gasteiger partial charge < -0.3 is 15.4 Å². The van der Waals surface area contributed by atoms with Gasteiger partial charge in [-0.05, 0) is 27.7 Å². The van der Waals surface area contributed by atoms with Crippen LogP contribution in [0.2, 0.25) is 0 Å². The molecule has 0 saturated carbocycles. The summed E-state index contributed by atoms with van der Waals surface area (Å²) in [5.74, 6) is -2.59. The number of hydroxylamine groups is 2. The van der Waals surface area contributed by atoms with E-state index in [1.807, 2.05) is 0 Å². The molecule has 0 atom stereocenters. The molecule has 0 rings (SSSR count). The zero-order valence-corrected chi connectivity index (χ0v) is 8.61. The number of nitrogens with zero attached hydrogens (tertiary/aromatic N) is 1. The van der Waals surface area contributed by atoms with Crippen LogP contribution in [0.5, 0.6) is 0 Å². The molecule has 3 N–H and O–H groups in total. The summed E-state index contributed by atoms with van der Waals surface area (Å²) in [4.78, 5) is 21.5. The first-order chi connectivity index (χ1) is 6.04. The average Bonchev–Trinajstić information content (AvgIpc) is 2.02. The summed E-state index contributed by atoms with van der Waals surface area (Å²) in [5.41, 5.74) is -3.30. The Hall–Kier alpha value is -1.14. The SMILES string of the molecule is CC(C)(C(=O)O)N(O)C(C)(C)C(=O)O. The van der Waals surface area contributed by atoms with Crippen LogP contribution in [0.4, 0.5) is 0 Å². The summed E-state index contributed by atoms with van der Waals surface area (Å²) in [6, 6.07) is 0. The highest BCUT2D eigenvalue weighted by Crippen LogP contribution is 2.23. The standard InChI is InChI=1S/C8H15NO5/c1-7(2,5(10)11)9(14)8(3,4)6(12)13/h14H,1-4H3,(H,10,11)(H,12,13). The maximum absolute atomic E-state index is 10.7. The van der Waals surface area contributed by atoms with Crippen molar-refractivity contribution in [1.82, 2.24) is 5.06 Å². The molecule has 0 spiro atoms. The van der Waals surface area contributed by atoms with E-state index in [9.17, 15) is 14.8 Å². The molecule has 0 aromatic rings. The monoisotopic (exact) mass is 205 g/mol. The van der Waals surface area contributed by atoms with E-state index in [2.05, 4.69) is 0 Å². The summed E-state index contributed by atoms with van der Waals surface area (Å²) in [5, 5.41) is 27.4. The molecule has 0 radical (unpaired) electrons. The number of hydrogen-bond acceptors (Lipinski definition) is 4. The molecule has 0 unspecified atom stereocenters. The highest BCUT2D eigenvalue weighted by Gasteiger charge is 2.46. The third kappa shape index (κ3) is 2.02. The fourth-order valence-corrected chi connectivity index (χ4v) is 0.880. The van der Waals surface area contributed by atoms with Crippen molar-refractivity contribution < 1.29 is 25.0 Å². The van der Waals surface area contributed by atoms with Crippen molar-refractivity contribution >= 4 is 11.9 Å². The molecule has 0 fully saturated rings. The first-order valence-corrected chi connectivity index (χ1v) is 4.00. The van der Waals surface area contributed by atoms with Gasteiger partial charge in [0.2, 0.25) is 0 Å². The highest BCUT2D eigenvalue weighted by atomic mass is 16.5. The van der Waals surface area contributed by atoms with E-state index in [1.54, 1.807) is 0 Å². The van der Waals surface area contributed by atoms with Crippen LogP contribution in [-0.4, -0.2) is 43.5 Å². The van der Waals surface area contributed by atoms with Crippen LogP contribution in [0.1, 0.15) is 27.7 Å². The summed E-state index contributed by atoms with van der Waals surface area (Å²) in [6.07, 6.45) is 0. The van der Waals surface area contributed by atoms with Crippen LogP contribution in [0.25, 0.3) is 0 Å². The van der Waals surface area contributed by atoms with Crippen molar-refractivity contribution in [2.45, 2.75) is 38.8 Å². The molecular formula is C8H15NO5. The van der Waals surface area contributed by atoms with Gasteiger partial charge in [0, 0.05) is 0 Å². The van der Waals surface area contributed by atoms with Gasteiger partial charge in [-0.25, -0.2) is 0 Å². The lowest BCUT2D eigenvalue weighted by atomic mass is 9.96. The van der Waals surface area contributed by atoms with Gasteiger partial charge in [0.25, 0.3) is 0 Å². The zero-order valence-electron chi connectivity index (χ0n) is 8.61. The largest absolute Gasteiger partial charge is 0.480 e. The molecule has 0 aliphatic rings. The second kappa shape index (κ2) is 3.55. The molecule has 0 heterocycles. The second-order valence-electron chi connectivity index (χ2n) is 4.04. The minimum atomic E-state index is -1.65. The van der Waals surface area contributed by atoms with Gasteiger partial charge in [-0.15, -0.1) is 0 Å². The maximum Gasteiger partial charge on any atom is 0.325 e. The molecular weight excluding hydrogens is 190 g/mol. The Morgan fingerprint density at radius 3 is 1.29 bits per heavy atom. The van der Waals surface area contributed by atoms with Crippen LogP contribution < -0.4 is 0 Å². The van der Waals surface area contributed by atoms with Crippen LogP contribution in [0, 0.1) is 0 Å². The normalized spacial score (nSPS) is 13.0. The molecule has 0 bridgehead atoms. The van der Waals surface area contributed by atoms with Crippen molar-refractivity contribution in [3.05, 3.63) is 0 Å². The van der Waals surface area contributed by atoms with Crippen LogP contribution in [0.3, 0.4) is 0 Å². The van der Waals surface area contributed by atoms with E-state index in [1.165, 1.54) is 27.7 Å². The Bertz CT molecular complexity index is 232. The van der Waals surface area contributed by atoms with Crippen LogP contribution >= 0.6 is 0 Å².